The summed E-state index contributed by atoms with van der Waals surface area (Å²) in [6.45, 7) is 0.389. The number of nitrogens with two attached hydrogens (primary N) is 1. The largest absolute Gasteiger partial charge is 0.373 e. The first-order valence-corrected chi connectivity index (χ1v) is 4.41. The molecule has 0 aliphatic carbocycles. The molecule has 0 atom stereocenters. The van der Waals surface area contributed by atoms with E-state index in [0.29, 0.717) is 18.5 Å². The number of anilines is 1. The lowest BCUT2D eigenvalue weighted by Crippen LogP contribution is -2.13. The molecule has 14 heavy (non-hydrogen) atoms. The number of hydrogen-bond donors (Lipinski definition) is 1. The van der Waals surface area contributed by atoms with Crippen molar-refractivity contribution in [3.8, 4) is 0 Å². The molecule has 2 nitrogen and oxygen atoms in total. The highest BCUT2D eigenvalue weighted by molar-refractivity contribution is 5.49. The Labute approximate surface area is 82.3 Å². The lowest BCUT2D eigenvalue weighted by Gasteiger charge is -2.15. The molecular formula is C10H14F2N2. The van der Waals surface area contributed by atoms with Gasteiger partial charge < -0.3 is 10.6 Å². The lowest BCUT2D eigenvalue weighted by atomic mass is 10.1. The van der Waals surface area contributed by atoms with Gasteiger partial charge >= 0.3 is 0 Å². The average molecular weight is 200 g/mol. The molecule has 1 aromatic rings. The summed E-state index contributed by atoms with van der Waals surface area (Å²) in [6, 6.07) is 2.65. The fourth-order valence-corrected chi connectivity index (χ4v) is 1.36. The number of hydrogen-bond acceptors (Lipinski definition) is 2. The Morgan fingerprint density at radius 2 is 1.71 bits per heavy atom. The van der Waals surface area contributed by atoms with E-state index in [-0.39, 0.29) is 5.69 Å². The summed E-state index contributed by atoms with van der Waals surface area (Å²) in [5.41, 5.74) is 5.89. The van der Waals surface area contributed by atoms with Crippen LogP contribution in [0.2, 0.25) is 0 Å². The fraction of sp³-hybridized carbons (Fsp3) is 0.400. The average Bonchev–Trinajstić information content (AvgIpc) is 2.01. The molecule has 0 aliphatic rings. The highest BCUT2D eigenvalue weighted by Gasteiger charge is 2.12. The minimum atomic E-state index is -0.543. The first-order valence-electron chi connectivity index (χ1n) is 4.41. The van der Waals surface area contributed by atoms with Crippen LogP contribution in [0.5, 0.6) is 0 Å². The Morgan fingerprint density at radius 3 is 2.07 bits per heavy atom. The van der Waals surface area contributed by atoms with E-state index in [4.69, 9.17) is 5.73 Å². The first-order chi connectivity index (χ1) is 6.56. The highest BCUT2D eigenvalue weighted by atomic mass is 19.1. The van der Waals surface area contributed by atoms with Gasteiger partial charge in [-0.25, -0.2) is 8.78 Å². The van der Waals surface area contributed by atoms with Gasteiger partial charge in [-0.2, -0.15) is 0 Å². The van der Waals surface area contributed by atoms with E-state index >= 15 is 0 Å². The minimum absolute atomic E-state index is 0.00854. The topological polar surface area (TPSA) is 29.3 Å². The summed E-state index contributed by atoms with van der Waals surface area (Å²) in [4.78, 5) is 1.41. The number of halogens is 2. The van der Waals surface area contributed by atoms with E-state index in [9.17, 15) is 8.78 Å². The molecule has 78 valence electrons. The van der Waals surface area contributed by atoms with Gasteiger partial charge in [0.15, 0.2) is 0 Å². The molecule has 0 amide bonds. The molecular weight excluding hydrogens is 186 g/mol. The third-order valence-corrected chi connectivity index (χ3v) is 1.96. The Morgan fingerprint density at radius 1 is 1.21 bits per heavy atom. The number of benzene rings is 1. The molecule has 0 saturated carbocycles. The van der Waals surface area contributed by atoms with Gasteiger partial charge in [0.05, 0.1) is 0 Å². The van der Waals surface area contributed by atoms with Crippen molar-refractivity contribution in [1.29, 1.82) is 0 Å². The normalized spacial score (nSPS) is 10.4. The van der Waals surface area contributed by atoms with Crippen LogP contribution in [0.25, 0.3) is 0 Å². The van der Waals surface area contributed by atoms with Gasteiger partial charge in [0, 0.05) is 14.1 Å². The second-order valence-electron chi connectivity index (χ2n) is 3.34. The van der Waals surface area contributed by atoms with Crippen LogP contribution in [0.3, 0.4) is 0 Å². The van der Waals surface area contributed by atoms with Crippen molar-refractivity contribution < 1.29 is 8.78 Å². The molecule has 1 rings (SSSR count). The van der Waals surface area contributed by atoms with Crippen LogP contribution < -0.4 is 10.6 Å². The fourth-order valence-electron chi connectivity index (χ4n) is 1.36. The Bertz CT molecular complexity index is 301. The van der Waals surface area contributed by atoms with Crippen molar-refractivity contribution in [1.82, 2.24) is 0 Å². The maximum Gasteiger partial charge on any atom is 0.149 e. The van der Waals surface area contributed by atoms with Gasteiger partial charge in [-0.3, -0.25) is 0 Å². The molecule has 0 heterocycles. The SMILES string of the molecule is CN(C)c1c(F)cc(CCN)cc1F. The summed E-state index contributed by atoms with van der Waals surface area (Å²) < 4.78 is 26.7. The monoisotopic (exact) mass is 200 g/mol. The van der Waals surface area contributed by atoms with Gasteiger partial charge in [0.25, 0.3) is 0 Å². The smallest absolute Gasteiger partial charge is 0.149 e. The molecule has 0 unspecified atom stereocenters. The van der Waals surface area contributed by atoms with Crippen LogP contribution in [0.1, 0.15) is 5.56 Å². The molecule has 0 aliphatic heterocycles. The quantitative estimate of drug-likeness (QED) is 0.801. The summed E-state index contributed by atoms with van der Waals surface area (Å²) >= 11 is 0. The van der Waals surface area contributed by atoms with Gasteiger partial charge in [-0.05, 0) is 30.7 Å². The summed E-state index contributed by atoms with van der Waals surface area (Å²) in [6.07, 6.45) is 0.488. The predicted octanol–water partition coefficient (Wildman–Crippen LogP) is 1.53. The van der Waals surface area contributed by atoms with Crippen LogP contribution in [-0.4, -0.2) is 20.6 Å². The molecule has 0 fully saturated rings. The van der Waals surface area contributed by atoms with Gasteiger partial charge in [-0.15, -0.1) is 0 Å². The third-order valence-electron chi connectivity index (χ3n) is 1.96. The summed E-state index contributed by atoms with van der Waals surface area (Å²) in [5.74, 6) is -1.09. The van der Waals surface area contributed by atoms with Crippen molar-refractivity contribution in [2.24, 2.45) is 5.73 Å². The standard InChI is InChI=1S/C10H14F2N2/c1-14(2)10-8(11)5-7(3-4-13)6-9(10)12/h5-6H,3-4,13H2,1-2H3. The van der Waals surface area contributed by atoms with Crippen LogP contribution >= 0.6 is 0 Å². The molecule has 0 saturated heterocycles. The van der Waals surface area contributed by atoms with E-state index in [2.05, 4.69) is 0 Å². The second kappa shape index (κ2) is 4.37. The van der Waals surface area contributed by atoms with Crippen LogP contribution in [0, 0.1) is 11.6 Å². The van der Waals surface area contributed by atoms with Crippen molar-refractivity contribution in [2.75, 3.05) is 25.5 Å². The zero-order chi connectivity index (χ0) is 10.7. The predicted molar refractivity (Wildman–Crippen MR) is 53.4 cm³/mol. The molecule has 0 aromatic heterocycles. The molecule has 4 heteroatoms. The van der Waals surface area contributed by atoms with E-state index in [1.807, 2.05) is 0 Å². The third kappa shape index (κ3) is 2.20. The zero-order valence-corrected chi connectivity index (χ0v) is 8.35. The molecule has 0 bridgehead atoms. The highest BCUT2D eigenvalue weighted by Crippen LogP contribution is 2.23. The molecule has 0 radical (unpaired) electrons. The lowest BCUT2D eigenvalue weighted by molar-refractivity contribution is 0.578. The maximum absolute atomic E-state index is 13.4. The Balaban J connectivity index is 3.11. The molecule has 2 N–H and O–H groups in total. The van der Waals surface area contributed by atoms with E-state index in [0.717, 1.165) is 0 Å². The van der Waals surface area contributed by atoms with Crippen molar-refractivity contribution in [3.05, 3.63) is 29.3 Å². The van der Waals surface area contributed by atoms with Gasteiger partial charge in [0.2, 0.25) is 0 Å². The summed E-state index contributed by atoms with van der Waals surface area (Å²) in [7, 11) is 3.20. The Kier molecular flexibility index (Phi) is 3.41. The van der Waals surface area contributed by atoms with Crippen molar-refractivity contribution in [3.63, 3.8) is 0 Å². The van der Waals surface area contributed by atoms with Crippen LogP contribution in [-0.2, 0) is 6.42 Å². The van der Waals surface area contributed by atoms with E-state index in [1.54, 1.807) is 14.1 Å². The van der Waals surface area contributed by atoms with Crippen molar-refractivity contribution in [2.45, 2.75) is 6.42 Å². The number of nitrogens with zero attached hydrogens (tertiary/aromatic N) is 1. The van der Waals surface area contributed by atoms with E-state index in [1.165, 1.54) is 17.0 Å². The van der Waals surface area contributed by atoms with Gasteiger partial charge in [0.1, 0.15) is 17.3 Å². The van der Waals surface area contributed by atoms with E-state index < -0.39 is 11.6 Å². The molecule has 0 spiro atoms. The van der Waals surface area contributed by atoms with Crippen molar-refractivity contribution >= 4 is 5.69 Å². The zero-order valence-electron chi connectivity index (χ0n) is 8.35. The number of rotatable bonds is 3. The van der Waals surface area contributed by atoms with Crippen LogP contribution in [0.4, 0.5) is 14.5 Å². The molecule has 1 aromatic carbocycles. The minimum Gasteiger partial charge on any atom is -0.373 e. The van der Waals surface area contributed by atoms with Gasteiger partial charge in [-0.1, -0.05) is 0 Å². The van der Waals surface area contributed by atoms with Crippen LogP contribution in [0.15, 0.2) is 12.1 Å². The summed E-state index contributed by atoms with van der Waals surface area (Å²) in [5, 5.41) is 0. The first kappa shape index (κ1) is 10.9. The second-order valence-corrected chi connectivity index (χ2v) is 3.34. The maximum atomic E-state index is 13.4. The Hall–Kier alpha value is -1.16.